The number of nitrogens with zero attached hydrogens (tertiary/aromatic N) is 1. The van der Waals surface area contributed by atoms with Crippen molar-refractivity contribution in [3.8, 4) is 0 Å². The zero-order valence-electron chi connectivity index (χ0n) is 23.0. The van der Waals surface area contributed by atoms with Crippen LogP contribution < -0.4 is 5.32 Å². The van der Waals surface area contributed by atoms with Gasteiger partial charge in [-0.3, -0.25) is 4.99 Å². The number of hydrogen-bond donors (Lipinski definition) is 1. The Hall–Kier alpha value is -1.31. The van der Waals surface area contributed by atoms with Crippen LogP contribution in [0.2, 0.25) is 0 Å². The third-order valence-electron chi connectivity index (χ3n) is 8.57. The molecule has 1 aromatic rings. The smallest absolute Gasteiger partial charge is 0.104 e. The Kier molecular flexibility index (Phi) is 9.48. The lowest BCUT2D eigenvalue weighted by atomic mass is 9.68. The van der Waals surface area contributed by atoms with Gasteiger partial charge in [0, 0.05) is 11.6 Å². The average Bonchev–Trinajstić information content (AvgIpc) is 2.78. The zero-order valence-corrected chi connectivity index (χ0v) is 23.0. The summed E-state index contributed by atoms with van der Waals surface area (Å²) >= 11 is 0. The van der Waals surface area contributed by atoms with E-state index >= 15 is 0 Å². The van der Waals surface area contributed by atoms with Crippen LogP contribution in [0.25, 0.3) is 0 Å². The summed E-state index contributed by atoms with van der Waals surface area (Å²) in [6, 6.07) is 7.35. The Morgan fingerprint density at radius 2 is 1.24 bits per heavy atom. The van der Waals surface area contributed by atoms with E-state index < -0.39 is 0 Å². The van der Waals surface area contributed by atoms with Crippen LogP contribution in [0.1, 0.15) is 130 Å². The van der Waals surface area contributed by atoms with Crippen LogP contribution in [0.3, 0.4) is 0 Å². The average molecular weight is 453 g/mol. The Morgan fingerprint density at radius 3 is 1.70 bits per heavy atom. The second-order valence-electron chi connectivity index (χ2n) is 12.3. The molecule has 0 saturated heterocycles. The Bertz CT molecular complexity index is 725. The minimum atomic E-state index is 0.455. The summed E-state index contributed by atoms with van der Waals surface area (Å²) in [4.78, 5) is 5.77. The predicted molar refractivity (Wildman–Crippen MR) is 147 cm³/mol. The molecule has 2 fully saturated rings. The van der Waals surface area contributed by atoms with Gasteiger partial charge in [0.25, 0.3) is 0 Å². The minimum Gasteiger partial charge on any atom is -0.343 e. The first kappa shape index (κ1) is 26.3. The molecule has 1 aromatic carbocycles. The lowest BCUT2D eigenvalue weighted by Crippen LogP contribution is -2.40. The Balaban J connectivity index is 2.08. The van der Waals surface area contributed by atoms with E-state index in [-0.39, 0.29) is 0 Å². The van der Waals surface area contributed by atoms with Gasteiger partial charge in [0.1, 0.15) is 5.84 Å². The van der Waals surface area contributed by atoms with E-state index in [0.29, 0.717) is 47.5 Å². The van der Waals surface area contributed by atoms with Crippen LogP contribution in [0, 0.1) is 29.6 Å². The number of aliphatic imine (C=N–C) groups is 1. The predicted octanol–water partition coefficient (Wildman–Crippen LogP) is 9.42. The molecule has 2 heteroatoms. The lowest BCUT2D eigenvalue weighted by molar-refractivity contribution is 0.142. The van der Waals surface area contributed by atoms with Gasteiger partial charge in [-0.2, -0.15) is 0 Å². The second-order valence-corrected chi connectivity index (χ2v) is 12.3. The summed E-state index contributed by atoms with van der Waals surface area (Å²) in [5, 5.41) is 4.06. The van der Waals surface area contributed by atoms with Crippen LogP contribution >= 0.6 is 0 Å². The van der Waals surface area contributed by atoms with Crippen LogP contribution in [0.4, 0.5) is 5.69 Å². The number of nitrogens with one attached hydrogen (secondary N) is 1. The SMILES string of the molecule is CC(C)c1cccc(C(C)C)c1NC(=NC1C(C(C)C)CCC[C@H]1C(C)C)C1CCCCC1. The van der Waals surface area contributed by atoms with Crippen LogP contribution in [-0.4, -0.2) is 11.9 Å². The second kappa shape index (κ2) is 11.9. The lowest BCUT2D eigenvalue weighted by Gasteiger charge is -2.41. The first-order valence-corrected chi connectivity index (χ1v) is 14.2. The van der Waals surface area contributed by atoms with E-state index in [0.717, 1.165) is 0 Å². The molecule has 0 heterocycles. The number of amidine groups is 1. The summed E-state index contributed by atoms with van der Waals surface area (Å²) in [5.74, 6) is 5.70. The zero-order chi connectivity index (χ0) is 24.1. The molecule has 0 amide bonds. The maximum Gasteiger partial charge on any atom is 0.104 e. The molecule has 2 aliphatic rings. The third-order valence-corrected chi connectivity index (χ3v) is 8.57. The monoisotopic (exact) mass is 452 g/mol. The van der Waals surface area contributed by atoms with Gasteiger partial charge in [-0.15, -0.1) is 0 Å². The number of para-hydroxylation sites is 1. The van der Waals surface area contributed by atoms with Crippen molar-refractivity contribution in [3.05, 3.63) is 29.3 Å². The molecular weight excluding hydrogens is 400 g/mol. The van der Waals surface area contributed by atoms with E-state index in [1.165, 1.54) is 74.0 Å². The van der Waals surface area contributed by atoms with Crippen molar-refractivity contribution in [3.63, 3.8) is 0 Å². The summed E-state index contributed by atoms with van der Waals surface area (Å²) in [7, 11) is 0. The summed E-state index contributed by atoms with van der Waals surface area (Å²) < 4.78 is 0. The highest BCUT2D eigenvalue weighted by Gasteiger charge is 2.37. The van der Waals surface area contributed by atoms with Crippen molar-refractivity contribution in [1.82, 2.24) is 0 Å². The van der Waals surface area contributed by atoms with Gasteiger partial charge in [-0.05, 0) is 72.3 Å². The molecule has 2 aliphatic carbocycles. The van der Waals surface area contributed by atoms with Gasteiger partial charge in [-0.1, -0.05) is 99.3 Å². The van der Waals surface area contributed by atoms with Crippen LogP contribution in [-0.2, 0) is 0 Å². The van der Waals surface area contributed by atoms with Crippen molar-refractivity contribution >= 4 is 11.5 Å². The highest BCUT2D eigenvalue weighted by Crippen LogP contribution is 2.41. The standard InChI is InChI=1S/C31H52N2/c1-20(2)25-16-12-17-26(21(3)4)29(25)32-31(24-14-10-9-11-15-24)33-30-27(22(5)6)18-13-19-28(30)23(7)8/h12,16-17,20-24,27-28,30H,9-11,13-15,18-19H2,1-8H3,(H,32,33)/t27-,28?,30?/m0/s1. The first-order valence-electron chi connectivity index (χ1n) is 14.2. The third kappa shape index (κ3) is 6.43. The molecule has 0 aliphatic heterocycles. The van der Waals surface area contributed by atoms with Gasteiger partial charge in [-0.25, -0.2) is 0 Å². The molecule has 0 aromatic heterocycles. The van der Waals surface area contributed by atoms with Gasteiger partial charge < -0.3 is 5.32 Å². The van der Waals surface area contributed by atoms with Crippen molar-refractivity contribution < 1.29 is 0 Å². The van der Waals surface area contributed by atoms with Crippen molar-refractivity contribution in [2.24, 2.45) is 34.6 Å². The highest BCUT2D eigenvalue weighted by molar-refractivity contribution is 5.98. The highest BCUT2D eigenvalue weighted by atomic mass is 15.0. The van der Waals surface area contributed by atoms with Crippen molar-refractivity contribution in [2.75, 3.05) is 5.32 Å². The van der Waals surface area contributed by atoms with E-state index in [9.17, 15) is 0 Å². The van der Waals surface area contributed by atoms with E-state index in [2.05, 4.69) is 78.9 Å². The Labute approximate surface area is 205 Å². The van der Waals surface area contributed by atoms with Gasteiger partial charge in [0.15, 0.2) is 0 Å². The fourth-order valence-corrected chi connectivity index (χ4v) is 6.49. The topological polar surface area (TPSA) is 24.4 Å². The molecule has 2 unspecified atom stereocenters. The van der Waals surface area contributed by atoms with Crippen molar-refractivity contribution in [1.29, 1.82) is 0 Å². The van der Waals surface area contributed by atoms with Crippen LogP contribution in [0.5, 0.6) is 0 Å². The van der Waals surface area contributed by atoms with Crippen LogP contribution in [0.15, 0.2) is 23.2 Å². The summed E-state index contributed by atoms with van der Waals surface area (Å²) in [6.07, 6.45) is 10.7. The molecule has 2 nitrogen and oxygen atoms in total. The maximum atomic E-state index is 5.77. The number of benzene rings is 1. The summed E-state index contributed by atoms with van der Waals surface area (Å²) in [6.45, 7) is 19.0. The molecule has 33 heavy (non-hydrogen) atoms. The number of hydrogen-bond acceptors (Lipinski definition) is 1. The van der Waals surface area contributed by atoms with Crippen molar-refractivity contribution in [2.45, 2.75) is 125 Å². The normalized spacial score (nSPS) is 25.5. The molecule has 3 atom stereocenters. The molecule has 186 valence electrons. The molecule has 1 N–H and O–H groups in total. The molecule has 0 radical (unpaired) electrons. The fourth-order valence-electron chi connectivity index (χ4n) is 6.49. The fraction of sp³-hybridized carbons (Fsp3) is 0.774. The number of rotatable bonds is 7. The first-order chi connectivity index (χ1) is 15.7. The van der Waals surface area contributed by atoms with E-state index in [4.69, 9.17) is 4.99 Å². The van der Waals surface area contributed by atoms with E-state index in [1.807, 2.05) is 0 Å². The largest absolute Gasteiger partial charge is 0.343 e. The molecule has 0 bridgehead atoms. The van der Waals surface area contributed by atoms with E-state index in [1.54, 1.807) is 0 Å². The summed E-state index contributed by atoms with van der Waals surface area (Å²) in [5.41, 5.74) is 4.23. The molecule has 3 rings (SSSR count). The van der Waals surface area contributed by atoms with Gasteiger partial charge in [0.05, 0.1) is 6.04 Å². The maximum absolute atomic E-state index is 5.77. The molecular formula is C31H52N2. The molecule has 0 spiro atoms. The number of anilines is 1. The Morgan fingerprint density at radius 1 is 0.727 bits per heavy atom. The minimum absolute atomic E-state index is 0.455. The molecule has 2 saturated carbocycles. The quantitative estimate of drug-likeness (QED) is 0.323. The van der Waals surface area contributed by atoms with Gasteiger partial charge in [0.2, 0.25) is 0 Å². The van der Waals surface area contributed by atoms with Gasteiger partial charge >= 0.3 is 0 Å².